The maximum atomic E-state index is 12.0. The number of halogens is 1. The summed E-state index contributed by atoms with van der Waals surface area (Å²) in [5, 5.41) is 5.04. The van der Waals surface area contributed by atoms with E-state index < -0.39 is 19.9 Å². The summed E-state index contributed by atoms with van der Waals surface area (Å²) in [5.41, 5.74) is 0.815. The first-order valence-electron chi connectivity index (χ1n) is 7.30. The van der Waals surface area contributed by atoms with Gasteiger partial charge in [-0.25, -0.2) is 22.0 Å². The van der Waals surface area contributed by atoms with Gasteiger partial charge in [-0.1, -0.05) is 12.1 Å². The topological polar surface area (TPSA) is 115 Å². The van der Waals surface area contributed by atoms with E-state index in [0.717, 1.165) is 5.56 Å². The number of benzene rings is 1. The molecule has 1 atom stereocenters. The van der Waals surface area contributed by atoms with Crippen LogP contribution in [0, 0.1) is 0 Å². The Bertz CT molecular complexity index is 806. The maximum absolute atomic E-state index is 12.0. The minimum atomic E-state index is -3.74. The van der Waals surface area contributed by atoms with Crippen molar-refractivity contribution >= 4 is 37.4 Å². The van der Waals surface area contributed by atoms with E-state index in [2.05, 4.69) is 0 Å². The molecule has 2 N–H and O–H groups in total. The predicted octanol–water partition coefficient (Wildman–Crippen LogP) is 0.131. The number of rotatable bonds is 6. The van der Waals surface area contributed by atoms with Gasteiger partial charge in [-0.15, -0.1) is 11.6 Å². The zero-order chi connectivity index (χ0) is 18.0. The lowest BCUT2D eigenvalue weighted by Gasteiger charge is -2.27. The monoisotopic (exact) mass is 394 g/mol. The summed E-state index contributed by atoms with van der Waals surface area (Å²) in [6.45, 7) is 0.320. The smallest absolute Gasteiger partial charge is 0.238 e. The van der Waals surface area contributed by atoms with E-state index in [0.29, 0.717) is 19.4 Å². The van der Waals surface area contributed by atoms with Crippen molar-refractivity contribution in [3.05, 3.63) is 29.8 Å². The largest absolute Gasteiger partial charge is 0.337 e. The Kier molecular flexibility index (Phi) is 5.90. The molecule has 1 heterocycles. The summed E-state index contributed by atoms with van der Waals surface area (Å²) in [5.74, 6) is -0.479. The van der Waals surface area contributed by atoms with Crippen LogP contribution in [0.25, 0.3) is 0 Å². The lowest BCUT2D eigenvalue weighted by Crippen LogP contribution is -2.43. The number of sulfonamides is 1. The first-order valence-corrected chi connectivity index (χ1v) is 11.2. The van der Waals surface area contributed by atoms with E-state index in [1.54, 1.807) is 12.1 Å². The van der Waals surface area contributed by atoms with E-state index in [1.165, 1.54) is 17.0 Å². The van der Waals surface area contributed by atoms with E-state index >= 15 is 0 Å². The molecular formula is C14H19ClN2O5S2. The third-order valence-corrected chi connectivity index (χ3v) is 6.89. The molecule has 1 amide bonds. The molecule has 1 aromatic rings. The molecule has 0 saturated carbocycles. The van der Waals surface area contributed by atoms with Gasteiger partial charge in [0.25, 0.3) is 0 Å². The van der Waals surface area contributed by atoms with Crippen molar-refractivity contribution in [3.8, 4) is 0 Å². The van der Waals surface area contributed by atoms with Gasteiger partial charge in [0.2, 0.25) is 15.9 Å². The zero-order valence-corrected chi connectivity index (χ0v) is 15.3. The van der Waals surface area contributed by atoms with E-state index in [9.17, 15) is 21.6 Å². The average molecular weight is 395 g/mol. The van der Waals surface area contributed by atoms with Crippen molar-refractivity contribution in [1.82, 2.24) is 4.90 Å². The van der Waals surface area contributed by atoms with Crippen molar-refractivity contribution in [2.24, 2.45) is 5.14 Å². The number of hydrogen-bond donors (Lipinski definition) is 1. The Morgan fingerprint density at radius 3 is 2.38 bits per heavy atom. The summed E-state index contributed by atoms with van der Waals surface area (Å²) in [6, 6.07) is 5.68. The quantitative estimate of drug-likeness (QED) is 0.689. The van der Waals surface area contributed by atoms with E-state index in [4.69, 9.17) is 16.7 Å². The first kappa shape index (κ1) is 19.2. The van der Waals surface area contributed by atoms with Crippen LogP contribution in [0.15, 0.2) is 29.2 Å². The Labute approximate surface area is 146 Å². The van der Waals surface area contributed by atoms with Crippen LogP contribution in [0.4, 0.5) is 0 Å². The molecule has 0 spiro atoms. The number of nitrogens with two attached hydrogens (primary N) is 1. The summed E-state index contributed by atoms with van der Waals surface area (Å²) in [4.78, 5) is 13.5. The lowest BCUT2D eigenvalue weighted by molar-refractivity contribution is -0.130. The Morgan fingerprint density at radius 2 is 1.92 bits per heavy atom. The highest BCUT2D eigenvalue weighted by Crippen LogP contribution is 2.19. The molecule has 1 fully saturated rings. The van der Waals surface area contributed by atoms with E-state index in [1.807, 2.05) is 0 Å². The van der Waals surface area contributed by atoms with Crippen LogP contribution in [0.2, 0.25) is 0 Å². The van der Waals surface area contributed by atoms with Crippen LogP contribution in [-0.2, 0) is 31.1 Å². The minimum absolute atomic E-state index is 0.0156. The molecule has 0 bridgehead atoms. The molecule has 24 heavy (non-hydrogen) atoms. The zero-order valence-electron chi connectivity index (χ0n) is 12.9. The molecule has 0 aliphatic carbocycles. The number of primary sulfonamides is 1. The number of nitrogens with zero attached hydrogens (tertiary/aromatic N) is 1. The van der Waals surface area contributed by atoms with Gasteiger partial charge >= 0.3 is 0 Å². The van der Waals surface area contributed by atoms with Crippen molar-refractivity contribution < 1.29 is 21.6 Å². The van der Waals surface area contributed by atoms with Gasteiger partial charge in [-0.2, -0.15) is 0 Å². The molecule has 1 aromatic carbocycles. The summed E-state index contributed by atoms with van der Waals surface area (Å²) in [7, 11) is -6.85. The molecule has 0 aromatic heterocycles. The summed E-state index contributed by atoms with van der Waals surface area (Å²) >= 11 is 5.63. The standard InChI is InChI=1S/C14H19ClN2O5S2/c15-9-14(18)17(12-6-8-23(19,20)10-12)7-5-11-1-3-13(4-2-11)24(16,21)22/h1-4,12H,5-10H2,(H2,16,21,22)/t12-/m1/s1. The molecular weight excluding hydrogens is 376 g/mol. The van der Waals surface area contributed by atoms with Gasteiger partial charge in [-0.05, 0) is 30.5 Å². The molecule has 0 radical (unpaired) electrons. The lowest BCUT2D eigenvalue weighted by atomic mass is 10.1. The highest BCUT2D eigenvalue weighted by molar-refractivity contribution is 7.91. The van der Waals surface area contributed by atoms with Crippen molar-refractivity contribution in [2.45, 2.75) is 23.8 Å². The van der Waals surface area contributed by atoms with Crippen LogP contribution >= 0.6 is 11.6 Å². The summed E-state index contributed by atoms with van der Waals surface area (Å²) in [6.07, 6.45) is 0.874. The highest BCUT2D eigenvalue weighted by atomic mass is 35.5. The van der Waals surface area contributed by atoms with Gasteiger partial charge in [-0.3, -0.25) is 4.79 Å². The molecule has 1 aliphatic heterocycles. The average Bonchev–Trinajstić information content (AvgIpc) is 2.86. The molecule has 1 aliphatic rings. The number of alkyl halides is 1. The maximum Gasteiger partial charge on any atom is 0.238 e. The number of hydrogen-bond acceptors (Lipinski definition) is 5. The molecule has 2 rings (SSSR count). The second kappa shape index (κ2) is 7.38. The summed E-state index contributed by atoms with van der Waals surface area (Å²) < 4.78 is 45.7. The number of sulfone groups is 1. The second-order valence-corrected chi connectivity index (χ2v) is 9.77. The fourth-order valence-electron chi connectivity index (χ4n) is 2.70. The molecule has 0 unspecified atom stereocenters. The molecule has 7 nitrogen and oxygen atoms in total. The Hall–Kier alpha value is -1.16. The SMILES string of the molecule is NS(=O)(=O)c1ccc(CCN(C(=O)CCl)[C@@H]2CCS(=O)(=O)C2)cc1. The van der Waals surface area contributed by atoms with Crippen molar-refractivity contribution in [1.29, 1.82) is 0 Å². The molecule has 1 saturated heterocycles. The van der Waals surface area contributed by atoms with Crippen molar-refractivity contribution in [2.75, 3.05) is 23.9 Å². The van der Waals surface area contributed by atoms with Crippen LogP contribution < -0.4 is 5.14 Å². The predicted molar refractivity (Wildman–Crippen MR) is 91.0 cm³/mol. The normalized spacial score (nSPS) is 20.0. The Morgan fingerprint density at radius 1 is 1.29 bits per heavy atom. The molecule has 134 valence electrons. The van der Waals surface area contributed by atoms with E-state index in [-0.39, 0.29) is 34.2 Å². The third kappa shape index (κ3) is 4.92. The van der Waals surface area contributed by atoms with Gasteiger partial charge in [0.05, 0.1) is 16.4 Å². The fraction of sp³-hybridized carbons (Fsp3) is 0.500. The third-order valence-electron chi connectivity index (χ3n) is 3.98. The van der Waals surface area contributed by atoms with Gasteiger partial charge in [0.1, 0.15) is 5.88 Å². The van der Waals surface area contributed by atoms with Crippen LogP contribution in [0.1, 0.15) is 12.0 Å². The number of carbonyl (C=O) groups is 1. The minimum Gasteiger partial charge on any atom is -0.337 e. The molecule has 10 heteroatoms. The van der Waals surface area contributed by atoms with Gasteiger partial charge < -0.3 is 4.90 Å². The number of carbonyl (C=O) groups excluding carboxylic acids is 1. The van der Waals surface area contributed by atoms with Crippen LogP contribution in [0.3, 0.4) is 0 Å². The van der Waals surface area contributed by atoms with Gasteiger partial charge in [0.15, 0.2) is 9.84 Å². The fourth-order valence-corrected chi connectivity index (χ4v) is 5.10. The Balaban J connectivity index is 2.07. The van der Waals surface area contributed by atoms with Crippen LogP contribution in [0.5, 0.6) is 0 Å². The second-order valence-electron chi connectivity index (χ2n) is 5.72. The first-order chi connectivity index (χ1) is 11.1. The van der Waals surface area contributed by atoms with Crippen molar-refractivity contribution in [3.63, 3.8) is 0 Å². The van der Waals surface area contributed by atoms with Gasteiger partial charge in [0, 0.05) is 12.6 Å². The number of amides is 1. The highest BCUT2D eigenvalue weighted by Gasteiger charge is 2.34. The van der Waals surface area contributed by atoms with Crippen LogP contribution in [-0.4, -0.2) is 57.6 Å².